The van der Waals surface area contributed by atoms with E-state index in [1.807, 2.05) is 0 Å². The molecule has 2 aromatic rings. The van der Waals surface area contributed by atoms with Crippen LogP contribution in [0.2, 0.25) is 0 Å². The molecule has 1 N–H and O–H groups in total. The molecule has 0 aliphatic carbocycles. The van der Waals surface area contributed by atoms with Crippen LogP contribution in [-0.2, 0) is 4.74 Å². The fourth-order valence-electron chi connectivity index (χ4n) is 1.83. The molecule has 0 aliphatic heterocycles. The third kappa shape index (κ3) is 3.37. The minimum Gasteiger partial charge on any atom is -0.465 e. The zero-order valence-electron chi connectivity index (χ0n) is 11.8. The SMILES string of the molecule is COC(=O)c1cc([N+](=O)[O-])c(Nc2ccccn2)c([N+](=O)[O-])c1. The third-order valence-electron chi connectivity index (χ3n) is 2.83. The van der Waals surface area contributed by atoms with Crippen LogP contribution in [0, 0.1) is 20.2 Å². The van der Waals surface area contributed by atoms with E-state index in [1.165, 1.54) is 12.3 Å². The Morgan fingerprint density at radius 1 is 1.17 bits per heavy atom. The lowest BCUT2D eigenvalue weighted by Gasteiger charge is -2.08. The smallest absolute Gasteiger partial charge is 0.338 e. The number of nitrogens with one attached hydrogen (secondary N) is 1. The van der Waals surface area contributed by atoms with Gasteiger partial charge >= 0.3 is 17.3 Å². The van der Waals surface area contributed by atoms with Gasteiger partial charge in [0.05, 0.1) is 22.5 Å². The Kier molecular flexibility index (Phi) is 4.45. The topological polar surface area (TPSA) is 138 Å². The number of carbonyl (C=O) groups is 1. The summed E-state index contributed by atoms with van der Waals surface area (Å²) in [7, 11) is 1.07. The summed E-state index contributed by atoms with van der Waals surface area (Å²) >= 11 is 0. The Morgan fingerprint density at radius 3 is 2.22 bits per heavy atom. The molecule has 0 bridgehead atoms. The molecule has 10 heteroatoms. The summed E-state index contributed by atoms with van der Waals surface area (Å²) in [4.78, 5) is 36.2. The average molecular weight is 318 g/mol. The number of ether oxygens (including phenoxy) is 1. The van der Waals surface area contributed by atoms with Gasteiger partial charge in [-0.25, -0.2) is 9.78 Å². The number of methoxy groups -OCH3 is 1. The first-order valence-corrected chi connectivity index (χ1v) is 6.17. The molecule has 2 rings (SSSR count). The van der Waals surface area contributed by atoms with E-state index in [0.29, 0.717) is 0 Å². The van der Waals surface area contributed by atoms with E-state index in [2.05, 4.69) is 15.0 Å². The van der Waals surface area contributed by atoms with Crippen molar-refractivity contribution in [3.63, 3.8) is 0 Å². The second-order valence-corrected chi connectivity index (χ2v) is 4.24. The summed E-state index contributed by atoms with van der Waals surface area (Å²) in [6.07, 6.45) is 1.42. The van der Waals surface area contributed by atoms with Gasteiger partial charge in [0, 0.05) is 18.3 Å². The van der Waals surface area contributed by atoms with Crippen LogP contribution in [0.1, 0.15) is 10.4 Å². The van der Waals surface area contributed by atoms with Gasteiger partial charge in [0.1, 0.15) is 5.82 Å². The van der Waals surface area contributed by atoms with E-state index in [9.17, 15) is 25.0 Å². The molecule has 0 radical (unpaired) electrons. The largest absolute Gasteiger partial charge is 0.465 e. The van der Waals surface area contributed by atoms with E-state index in [-0.39, 0.29) is 17.1 Å². The molecule has 0 aliphatic rings. The minimum absolute atomic E-state index is 0.185. The van der Waals surface area contributed by atoms with Crippen LogP contribution in [0.3, 0.4) is 0 Å². The predicted octanol–water partition coefficient (Wildman–Crippen LogP) is 2.43. The molecule has 1 aromatic heterocycles. The molecular formula is C13H10N4O6. The van der Waals surface area contributed by atoms with Crippen LogP contribution in [0.15, 0.2) is 36.5 Å². The van der Waals surface area contributed by atoms with E-state index in [1.54, 1.807) is 12.1 Å². The van der Waals surface area contributed by atoms with Gasteiger partial charge in [0.2, 0.25) is 0 Å². The quantitative estimate of drug-likeness (QED) is 0.504. The van der Waals surface area contributed by atoms with Crippen molar-refractivity contribution in [2.24, 2.45) is 0 Å². The number of pyridine rings is 1. The summed E-state index contributed by atoms with van der Waals surface area (Å²) in [5.41, 5.74) is -1.93. The van der Waals surface area contributed by atoms with Gasteiger partial charge in [-0.2, -0.15) is 0 Å². The highest BCUT2D eigenvalue weighted by Gasteiger charge is 2.29. The first kappa shape index (κ1) is 15.8. The maximum atomic E-state index is 11.5. The zero-order valence-corrected chi connectivity index (χ0v) is 11.8. The minimum atomic E-state index is -0.916. The Balaban J connectivity index is 2.64. The number of nitro benzene ring substituents is 2. The van der Waals surface area contributed by atoms with Crippen molar-refractivity contribution >= 4 is 28.8 Å². The van der Waals surface area contributed by atoms with E-state index >= 15 is 0 Å². The van der Waals surface area contributed by atoms with Crippen molar-refractivity contribution in [3.8, 4) is 0 Å². The second kappa shape index (κ2) is 6.47. The van der Waals surface area contributed by atoms with Crippen LogP contribution in [-0.4, -0.2) is 27.9 Å². The van der Waals surface area contributed by atoms with Crippen molar-refractivity contribution in [1.29, 1.82) is 0 Å². The summed E-state index contributed by atoms with van der Waals surface area (Å²) in [5.74, 6) is -0.731. The van der Waals surface area contributed by atoms with E-state index in [0.717, 1.165) is 19.2 Å². The fourth-order valence-corrected chi connectivity index (χ4v) is 1.83. The fraction of sp³-hybridized carbons (Fsp3) is 0.0769. The molecule has 1 aromatic carbocycles. The molecule has 23 heavy (non-hydrogen) atoms. The molecule has 0 fully saturated rings. The highest BCUT2D eigenvalue weighted by atomic mass is 16.6. The lowest BCUT2D eigenvalue weighted by Crippen LogP contribution is -2.07. The summed E-state index contributed by atoms with van der Waals surface area (Å²) in [6, 6.07) is 6.53. The number of hydrogen-bond donors (Lipinski definition) is 1. The van der Waals surface area contributed by atoms with Crippen LogP contribution in [0.5, 0.6) is 0 Å². The zero-order chi connectivity index (χ0) is 17.0. The molecular weight excluding hydrogens is 308 g/mol. The van der Waals surface area contributed by atoms with Gasteiger partial charge in [-0.15, -0.1) is 0 Å². The van der Waals surface area contributed by atoms with E-state index in [4.69, 9.17) is 0 Å². The summed E-state index contributed by atoms with van der Waals surface area (Å²) in [5, 5.41) is 25.0. The molecule has 10 nitrogen and oxygen atoms in total. The molecule has 0 amide bonds. The van der Waals surface area contributed by atoms with Gasteiger partial charge < -0.3 is 10.1 Å². The Labute approximate surface area is 129 Å². The molecule has 0 atom stereocenters. The molecule has 0 spiro atoms. The maximum Gasteiger partial charge on any atom is 0.338 e. The number of nitro groups is 2. The highest BCUT2D eigenvalue weighted by molar-refractivity contribution is 5.94. The van der Waals surface area contributed by atoms with Crippen LogP contribution < -0.4 is 5.32 Å². The van der Waals surface area contributed by atoms with Crippen molar-refractivity contribution in [2.75, 3.05) is 12.4 Å². The lowest BCUT2D eigenvalue weighted by atomic mass is 10.1. The third-order valence-corrected chi connectivity index (χ3v) is 2.83. The van der Waals surface area contributed by atoms with Crippen LogP contribution in [0.25, 0.3) is 0 Å². The second-order valence-electron chi connectivity index (χ2n) is 4.24. The van der Waals surface area contributed by atoms with Gasteiger partial charge in [-0.1, -0.05) is 6.07 Å². The molecule has 0 saturated carbocycles. The number of anilines is 2. The molecule has 1 heterocycles. The Morgan fingerprint density at radius 2 is 1.78 bits per heavy atom. The first-order valence-electron chi connectivity index (χ1n) is 6.17. The monoisotopic (exact) mass is 318 g/mol. The lowest BCUT2D eigenvalue weighted by molar-refractivity contribution is -0.392. The number of benzene rings is 1. The number of esters is 1. The summed E-state index contributed by atoms with van der Waals surface area (Å²) in [6.45, 7) is 0. The molecule has 0 unspecified atom stereocenters. The maximum absolute atomic E-state index is 11.5. The van der Waals surface area contributed by atoms with E-state index < -0.39 is 27.2 Å². The standard InChI is InChI=1S/C13H10N4O6/c1-23-13(18)8-6-9(16(19)20)12(10(7-8)17(21)22)15-11-4-2-3-5-14-11/h2-7H,1H3,(H,14,15). The number of aromatic nitrogens is 1. The van der Waals surface area contributed by atoms with Crippen molar-refractivity contribution in [3.05, 3.63) is 62.3 Å². The number of carbonyl (C=O) groups excluding carboxylic acids is 1. The first-order chi connectivity index (χ1) is 10.9. The number of nitrogens with zero attached hydrogens (tertiary/aromatic N) is 3. The predicted molar refractivity (Wildman–Crippen MR) is 78.6 cm³/mol. The van der Waals surface area contributed by atoms with Gasteiger partial charge in [0.25, 0.3) is 0 Å². The Hall–Kier alpha value is -3.56. The van der Waals surface area contributed by atoms with Crippen molar-refractivity contribution in [2.45, 2.75) is 0 Å². The number of hydrogen-bond acceptors (Lipinski definition) is 8. The number of rotatable bonds is 5. The van der Waals surface area contributed by atoms with Crippen LogP contribution in [0.4, 0.5) is 22.9 Å². The normalized spacial score (nSPS) is 9.96. The van der Waals surface area contributed by atoms with Crippen molar-refractivity contribution in [1.82, 2.24) is 4.98 Å². The highest BCUT2D eigenvalue weighted by Crippen LogP contribution is 2.37. The average Bonchev–Trinajstić information content (AvgIpc) is 2.54. The Bertz CT molecular complexity index is 742. The molecule has 0 saturated heterocycles. The van der Waals surface area contributed by atoms with Crippen LogP contribution >= 0.6 is 0 Å². The van der Waals surface area contributed by atoms with Gasteiger partial charge in [0.15, 0.2) is 5.69 Å². The van der Waals surface area contributed by atoms with Gasteiger partial charge in [-0.3, -0.25) is 20.2 Å². The summed E-state index contributed by atoms with van der Waals surface area (Å²) < 4.78 is 4.45. The van der Waals surface area contributed by atoms with Crippen molar-refractivity contribution < 1.29 is 19.4 Å². The van der Waals surface area contributed by atoms with Gasteiger partial charge in [-0.05, 0) is 12.1 Å². The molecule has 118 valence electrons.